The average molecular weight is 473 g/mol. The maximum Gasteiger partial charge on any atom is 0.226 e. The van der Waals surface area contributed by atoms with Crippen LogP contribution in [0.2, 0.25) is 5.02 Å². The number of hydrogen-bond acceptors (Lipinski definition) is 6. The molecular formula is C26H21ClN4O3. The number of para-hydroxylation sites is 1. The molecule has 0 amide bonds. The second-order valence-electron chi connectivity index (χ2n) is 8.04. The van der Waals surface area contributed by atoms with Crippen LogP contribution in [0.4, 0.5) is 5.95 Å². The van der Waals surface area contributed by atoms with Gasteiger partial charge in [0.05, 0.1) is 19.9 Å². The fraction of sp³-hybridized carbons (Fsp3) is 0.154. The maximum absolute atomic E-state index is 6.65. The Labute approximate surface area is 201 Å². The van der Waals surface area contributed by atoms with Crippen molar-refractivity contribution in [3.63, 3.8) is 0 Å². The van der Waals surface area contributed by atoms with Crippen LogP contribution in [0.5, 0.6) is 17.2 Å². The fourth-order valence-corrected chi connectivity index (χ4v) is 4.86. The number of benzene rings is 3. The Balaban J connectivity index is 1.63. The summed E-state index contributed by atoms with van der Waals surface area (Å²) >= 11 is 6.40. The molecule has 7 nitrogen and oxygen atoms in total. The number of nitrogens with one attached hydrogen (secondary N) is 1. The van der Waals surface area contributed by atoms with Crippen molar-refractivity contribution < 1.29 is 14.2 Å². The largest absolute Gasteiger partial charge is 0.497 e. The zero-order chi connectivity index (χ0) is 23.2. The predicted molar refractivity (Wildman–Crippen MR) is 130 cm³/mol. The highest BCUT2D eigenvalue weighted by molar-refractivity contribution is 6.30. The van der Waals surface area contributed by atoms with E-state index >= 15 is 0 Å². The molecule has 2 aliphatic heterocycles. The summed E-state index contributed by atoms with van der Waals surface area (Å²) in [6.45, 7) is 0. The third-order valence-electron chi connectivity index (χ3n) is 6.23. The summed E-state index contributed by atoms with van der Waals surface area (Å²) in [4.78, 5) is 4.47. The highest BCUT2D eigenvalue weighted by atomic mass is 35.5. The minimum absolute atomic E-state index is 0.276. The number of halogens is 1. The van der Waals surface area contributed by atoms with Gasteiger partial charge in [0.25, 0.3) is 0 Å². The van der Waals surface area contributed by atoms with Crippen molar-refractivity contribution in [3.05, 3.63) is 100 Å². The number of ether oxygens (including phenoxy) is 3. The monoisotopic (exact) mass is 472 g/mol. The maximum atomic E-state index is 6.65. The lowest BCUT2D eigenvalue weighted by Gasteiger charge is -2.39. The predicted octanol–water partition coefficient (Wildman–Crippen LogP) is 5.51. The molecule has 3 heterocycles. The number of nitrogens with zero attached hydrogens (tertiary/aromatic N) is 3. The first-order valence-electron chi connectivity index (χ1n) is 10.8. The van der Waals surface area contributed by atoms with Crippen LogP contribution in [0.3, 0.4) is 0 Å². The van der Waals surface area contributed by atoms with Crippen molar-refractivity contribution in [1.29, 1.82) is 0 Å². The van der Waals surface area contributed by atoms with Crippen molar-refractivity contribution in [2.24, 2.45) is 0 Å². The van der Waals surface area contributed by atoms with Crippen molar-refractivity contribution in [3.8, 4) is 17.2 Å². The number of anilines is 1. The lowest BCUT2D eigenvalue weighted by Crippen LogP contribution is -2.32. The van der Waals surface area contributed by atoms with Crippen LogP contribution in [-0.4, -0.2) is 29.0 Å². The van der Waals surface area contributed by atoms with E-state index < -0.39 is 6.10 Å². The van der Waals surface area contributed by atoms with Gasteiger partial charge in [0.1, 0.15) is 29.6 Å². The third kappa shape index (κ3) is 3.20. The molecule has 0 radical (unpaired) electrons. The van der Waals surface area contributed by atoms with Gasteiger partial charge in [-0.2, -0.15) is 10.1 Å². The van der Waals surface area contributed by atoms with E-state index in [1.807, 2.05) is 71.4 Å². The Bertz CT molecular complexity index is 1410. The molecule has 2 atom stereocenters. The SMILES string of the molecule is COc1ccc(C2C3=C(Nc4ncnn42)c2cc(Cl)ccc2OC3c2ccccc2OC)cc1. The van der Waals surface area contributed by atoms with Gasteiger partial charge >= 0.3 is 0 Å². The minimum atomic E-state index is -0.434. The van der Waals surface area contributed by atoms with Crippen LogP contribution in [0, 0.1) is 0 Å². The van der Waals surface area contributed by atoms with Gasteiger partial charge in [0.2, 0.25) is 5.95 Å². The number of aromatic nitrogens is 3. The Hall–Kier alpha value is -3.97. The normalized spacial score (nSPS) is 18.2. The highest BCUT2D eigenvalue weighted by Gasteiger charge is 2.41. The van der Waals surface area contributed by atoms with Gasteiger partial charge in [-0.25, -0.2) is 4.68 Å². The van der Waals surface area contributed by atoms with Crippen molar-refractivity contribution in [1.82, 2.24) is 14.8 Å². The van der Waals surface area contributed by atoms with Gasteiger partial charge in [-0.05, 0) is 42.0 Å². The molecule has 2 aliphatic rings. The highest BCUT2D eigenvalue weighted by Crippen LogP contribution is 2.52. The van der Waals surface area contributed by atoms with E-state index in [1.165, 1.54) is 0 Å². The van der Waals surface area contributed by atoms with Crippen LogP contribution in [0.25, 0.3) is 5.70 Å². The first-order chi connectivity index (χ1) is 16.7. The summed E-state index contributed by atoms with van der Waals surface area (Å²) in [5.41, 5.74) is 4.71. The van der Waals surface area contributed by atoms with Crippen molar-refractivity contribution in [2.45, 2.75) is 12.1 Å². The Morgan fingerprint density at radius 1 is 1.00 bits per heavy atom. The van der Waals surface area contributed by atoms with E-state index in [0.717, 1.165) is 45.2 Å². The molecule has 1 aromatic heterocycles. The van der Waals surface area contributed by atoms with Gasteiger partial charge in [0, 0.05) is 21.7 Å². The summed E-state index contributed by atoms with van der Waals surface area (Å²) in [6.07, 6.45) is 1.12. The van der Waals surface area contributed by atoms with Gasteiger partial charge in [-0.15, -0.1) is 0 Å². The van der Waals surface area contributed by atoms with E-state index in [4.69, 9.17) is 25.8 Å². The number of rotatable bonds is 4. The zero-order valence-electron chi connectivity index (χ0n) is 18.5. The van der Waals surface area contributed by atoms with Crippen LogP contribution in [-0.2, 0) is 0 Å². The molecule has 8 heteroatoms. The molecule has 1 N–H and O–H groups in total. The van der Waals surface area contributed by atoms with Crippen molar-refractivity contribution >= 4 is 23.2 Å². The van der Waals surface area contributed by atoms with Crippen LogP contribution < -0.4 is 19.5 Å². The topological polar surface area (TPSA) is 70.4 Å². The first-order valence-corrected chi connectivity index (χ1v) is 11.2. The molecule has 0 fully saturated rings. The Morgan fingerprint density at radius 2 is 1.82 bits per heavy atom. The van der Waals surface area contributed by atoms with Crippen LogP contribution in [0.15, 0.2) is 78.6 Å². The third-order valence-corrected chi connectivity index (χ3v) is 6.46. The number of fused-ring (bicyclic) bond motifs is 3. The summed E-state index contributed by atoms with van der Waals surface area (Å²) in [5.74, 6) is 2.90. The Morgan fingerprint density at radius 3 is 2.62 bits per heavy atom. The standard InChI is InChI=1S/C26H21ClN4O3/c1-32-17-10-7-15(8-11-17)24-22-23(30-26-28-14-29-31(24)26)19-13-16(27)9-12-21(19)34-25(22)18-5-3-4-6-20(18)33-2/h3-14,24-25H,1-2H3,(H,28,29,30). The molecule has 2 unspecified atom stereocenters. The lowest BCUT2D eigenvalue weighted by molar-refractivity contribution is 0.217. The van der Waals surface area contributed by atoms with Gasteiger partial charge in [0.15, 0.2) is 6.10 Å². The molecule has 0 saturated heterocycles. The van der Waals surface area contributed by atoms with Crippen molar-refractivity contribution in [2.75, 3.05) is 19.5 Å². The summed E-state index contributed by atoms with van der Waals surface area (Å²) in [5, 5.41) is 8.67. The van der Waals surface area contributed by atoms with Crippen LogP contribution >= 0.6 is 11.6 Å². The number of hydrogen-bond donors (Lipinski definition) is 1. The molecule has 170 valence electrons. The molecule has 3 aromatic carbocycles. The fourth-order valence-electron chi connectivity index (χ4n) is 4.69. The van der Waals surface area contributed by atoms with Gasteiger partial charge < -0.3 is 19.5 Å². The number of methoxy groups -OCH3 is 2. The van der Waals surface area contributed by atoms with Gasteiger partial charge in [-0.3, -0.25) is 0 Å². The quantitative estimate of drug-likeness (QED) is 0.422. The summed E-state index contributed by atoms with van der Waals surface area (Å²) < 4.78 is 19.6. The van der Waals surface area contributed by atoms with E-state index in [9.17, 15) is 0 Å². The smallest absolute Gasteiger partial charge is 0.226 e. The molecule has 0 bridgehead atoms. The van der Waals surface area contributed by atoms with Crippen LogP contribution in [0.1, 0.15) is 28.8 Å². The molecule has 4 aromatic rings. The second kappa shape index (κ2) is 8.11. The molecule has 0 aliphatic carbocycles. The summed E-state index contributed by atoms with van der Waals surface area (Å²) in [6, 6.07) is 21.2. The lowest BCUT2D eigenvalue weighted by atomic mass is 9.84. The first kappa shape index (κ1) is 20.6. The average Bonchev–Trinajstić information content (AvgIpc) is 3.35. The molecule has 34 heavy (non-hydrogen) atoms. The van der Waals surface area contributed by atoms with E-state index in [2.05, 4.69) is 15.4 Å². The van der Waals surface area contributed by atoms with E-state index in [0.29, 0.717) is 11.0 Å². The molecule has 0 saturated carbocycles. The molecular weight excluding hydrogens is 452 g/mol. The zero-order valence-corrected chi connectivity index (χ0v) is 19.3. The van der Waals surface area contributed by atoms with Gasteiger partial charge in [-0.1, -0.05) is 41.9 Å². The molecule has 6 rings (SSSR count). The summed E-state index contributed by atoms with van der Waals surface area (Å²) in [7, 11) is 3.32. The Kier molecular flexibility index (Phi) is 4.92. The minimum Gasteiger partial charge on any atom is -0.497 e. The van der Waals surface area contributed by atoms with E-state index in [-0.39, 0.29) is 6.04 Å². The van der Waals surface area contributed by atoms with E-state index in [1.54, 1.807) is 20.5 Å². The molecule has 0 spiro atoms. The second-order valence-corrected chi connectivity index (χ2v) is 8.48.